The van der Waals surface area contributed by atoms with Crippen LogP contribution in [0.3, 0.4) is 0 Å². The third-order valence-corrected chi connectivity index (χ3v) is 4.92. The standard InChI is InChI=1S/C17H21F3N2O2/c18-17(19,20)13-4-1-3-12(9-13)16(6-7-16)11-21-15(24)22-8-2-5-14(23)10-22/h1,3-4,9,14,23H,2,5-8,10-11H2,(H,21,24). The number of rotatable bonds is 3. The van der Waals surface area contributed by atoms with Gasteiger partial charge in [0, 0.05) is 25.0 Å². The first-order chi connectivity index (χ1) is 11.3. The highest BCUT2D eigenvalue weighted by atomic mass is 19.4. The second-order valence-electron chi connectivity index (χ2n) is 6.76. The van der Waals surface area contributed by atoms with Crippen LogP contribution in [-0.4, -0.2) is 41.8 Å². The van der Waals surface area contributed by atoms with Crippen molar-refractivity contribution < 1.29 is 23.1 Å². The van der Waals surface area contributed by atoms with Crippen molar-refractivity contribution in [2.24, 2.45) is 0 Å². The second-order valence-corrected chi connectivity index (χ2v) is 6.76. The van der Waals surface area contributed by atoms with Gasteiger partial charge in [-0.05, 0) is 37.3 Å². The zero-order valence-corrected chi connectivity index (χ0v) is 13.3. The SMILES string of the molecule is O=C(NCC1(c2cccc(C(F)(F)F)c2)CC1)N1CCCC(O)C1. The molecule has 0 radical (unpaired) electrons. The van der Waals surface area contributed by atoms with E-state index in [0.717, 1.165) is 25.3 Å². The van der Waals surface area contributed by atoms with Gasteiger partial charge in [0.05, 0.1) is 11.7 Å². The fourth-order valence-corrected chi connectivity index (χ4v) is 3.24. The average Bonchev–Trinajstić information content (AvgIpc) is 3.33. The van der Waals surface area contributed by atoms with Crippen molar-refractivity contribution in [2.45, 2.75) is 43.4 Å². The van der Waals surface area contributed by atoms with Gasteiger partial charge in [0.25, 0.3) is 0 Å². The maximum atomic E-state index is 12.9. The van der Waals surface area contributed by atoms with Crippen molar-refractivity contribution in [1.29, 1.82) is 0 Å². The molecular formula is C17H21F3N2O2. The van der Waals surface area contributed by atoms with E-state index >= 15 is 0 Å². The number of carbonyl (C=O) groups excluding carboxylic acids is 1. The van der Waals surface area contributed by atoms with Crippen molar-refractivity contribution in [3.8, 4) is 0 Å². The van der Waals surface area contributed by atoms with Crippen molar-refractivity contribution in [3.05, 3.63) is 35.4 Å². The molecule has 7 heteroatoms. The lowest BCUT2D eigenvalue weighted by Gasteiger charge is -2.31. The quantitative estimate of drug-likeness (QED) is 0.887. The van der Waals surface area contributed by atoms with Gasteiger partial charge < -0.3 is 15.3 Å². The number of alkyl halides is 3. The largest absolute Gasteiger partial charge is 0.416 e. The molecule has 1 saturated heterocycles. The van der Waals surface area contributed by atoms with Gasteiger partial charge in [0.1, 0.15) is 0 Å². The summed E-state index contributed by atoms with van der Waals surface area (Å²) < 4.78 is 38.6. The van der Waals surface area contributed by atoms with Crippen LogP contribution in [0, 0.1) is 0 Å². The third-order valence-electron chi connectivity index (χ3n) is 4.92. The number of aliphatic hydroxyl groups is 1. The molecule has 4 nitrogen and oxygen atoms in total. The Bertz CT molecular complexity index is 614. The van der Waals surface area contributed by atoms with Gasteiger partial charge in [0.15, 0.2) is 0 Å². The first-order valence-corrected chi connectivity index (χ1v) is 8.19. The van der Waals surface area contributed by atoms with Crippen molar-refractivity contribution >= 4 is 6.03 Å². The monoisotopic (exact) mass is 342 g/mol. The fourth-order valence-electron chi connectivity index (χ4n) is 3.24. The third kappa shape index (κ3) is 3.66. The molecule has 3 rings (SSSR count). The molecule has 2 fully saturated rings. The molecule has 1 aliphatic carbocycles. The summed E-state index contributed by atoms with van der Waals surface area (Å²) in [5.41, 5.74) is -0.432. The molecule has 0 spiro atoms. The smallest absolute Gasteiger partial charge is 0.391 e. The molecule has 1 aliphatic heterocycles. The number of benzene rings is 1. The minimum atomic E-state index is -4.36. The number of β-amino-alcohol motifs (C(OH)–C–C–N with tert-alkyl or cyclic N) is 1. The predicted molar refractivity (Wildman–Crippen MR) is 82.6 cm³/mol. The number of nitrogens with one attached hydrogen (secondary N) is 1. The summed E-state index contributed by atoms with van der Waals surface area (Å²) in [6, 6.07) is 5.10. The molecule has 1 atom stereocenters. The molecule has 0 bridgehead atoms. The lowest BCUT2D eigenvalue weighted by atomic mass is 9.94. The van der Waals surface area contributed by atoms with E-state index in [1.54, 1.807) is 11.0 Å². The van der Waals surface area contributed by atoms with Gasteiger partial charge in [0.2, 0.25) is 0 Å². The number of amides is 2. The lowest BCUT2D eigenvalue weighted by Crippen LogP contribution is -2.48. The van der Waals surface area contributed by atoms with E-state index in [2.05, 4.69) is 5.32 Å². The Balaban J connectivity index is 1.64. The van der Waals surface area contributed by atoms with Crippen LogP contribution in [-0.2, 0) is 11.6 Å². The summed E-state index contributed by atoms with van der Waals surface area (Å²) in [6.45, 7) is 1.22. The second kappa shape index (κ2) is 6.27. The lowest BCUT2D eigenvalue weighted by molar-refractivity contribution is -0.137. The highest BCUT2D eigenvalue weighted by Crippen LogP contribution is 2.48. The highest BCUT2D eigenvalue weighted by molar-refractivity contribution is 5.74. The zero-order valence-electron chi connectivity index (χ0n) is 13.3. The summed E-state index contributed by atoms with van der Waals surface area (Å²) in [5, 5.41) is 12.5. The van der Waals surface area contributed by atoms with Crippen LogP contribution >= 0.6 is 0 Å². The van der Waals surface area contributed by atoms with Crippen LogP contribution in [0.1, 0.15) is 36.8 Å². The summed E-state index contributed by atoms with van der Waals surface area (Å²) in [6.07, 6.45) is -1.89. The normalized spacial score (nSPS) is 23.0. The van der Waals surface area contributed by atoms with E-state index in [-0.39, 0.29) is 6.03 Å². The number of aliphatic hydroxyl groups excluding tert-OH is 1. The van der Waals surface area contributed by atoms with E-state index in [1.165, 1.54) is 12.1 Å². The summed E-state index contributed by atoms with van der Waals surface area (Å²) in [7, 11) is 0. The van der Waals surface area contributed by atoms with Crippen LogP contribution < -0.4 is 5.32 Å². The van der Waals surface area contributed by atoms with Gasteiger partial charge in [-0.2, -0.15) is 13.2 Å². The first-order valence-electron chi connectivity index (χ1n) is 8.19. The molecule has 1 aromatic rings. The Hall–Kier alpha value is -1.76. The number of hydrogen-bond donors (Lipinski definition) is 2. The Labute approximate surface area is 138 Å². The number of halogens is 3. The van der Waals surface area contributed by atoms with E-state index in [1.807, 2.05) is 0 Å². The predicted octanol–water partition coefficient (Wildman–Crippen LogP) is 2.90. The number of carbonyl (C=O) groups is 1. The van der Waals surface area contributed by atoms with Gasteiger partial charge in [-0.15, -0.1) is 0 Å². The molecule has 2 aliphatic rings. The number of hydrogen-bond acceptors (Lipinski definition) is 2. The Morgan fingerprint density at radius 2 is 2.12 bits per heavy atom. The van der Waals surface area contributed by atoms with Gasteiger partial charge in [-0.25, -0.2) is 4.79 Å². The van der Waals surface area contributed by atoms with Crippen LogP contribution in [0.5, 0.6) is 0 Å². The van der Waals surface area contributed by atoms with Gasteiger partial charge >= 0.3 is 12.2 Å². The summed E-state index contributed by atoms with van der Waals surface area (Å²) >= 11 is 0. The van der Waals surface area contributed by atoms with E-state index in [9.17, 15) is 23.1 Å². The van der Waals surface area contributed by atoms with E-state index in [0.29, 0.717) is 31.6 Å². The average molecular weight is 342 g/mol. The first kappa shape index (κ1) is 17.1. The Kier molecular flexibility index (Phi) is 4.46. The van der Waals surface area contributed by atoms with Crippen molar-refractivity contribution in [3.63, 3.8) is 0 Å². The molecule has 2 N–H and O–H groups in total. The Morgan fingerprint density at radius 3 is 2.75 bits per heavy atom. The molecule has 1 saturated carbocycles. The molecule has 0 aromatic heterocycles. The topological polar surface area (TPSA) is 52.6 Å². The molecular weight excluding hydrogens is 321 g/mol. The fraction of sp³-hybridized carbons (Fsp3) is 0.588. The van der Waals surface area contributed by atoms with Gasteiger partial charge in [-0.1, -0.05) is 18.2 Å². The van der Waals surface area contributed by atoms with Crippen molar-refractivity contribution in [1.82, 2.24) is 10.2 Å². The summed E-state index contributed by atoms with van der Waals surface area (Å²) in [4.78, 5) is 13.8. The molecule has 1 unspecified atom stereocenters. The maximum Gasteiger partial charge on any atom is 0.416 e. The molecule has 1 heterocycles. The molecule has 1 aromatic carbocycles. The van der Waals surface area contributed by atoms with Crippen molar-refractivity contribution in [2.75, 3.05) is 19.6 Å². The van der Waals surface area contributed by atoms with Crippen LogP contribution in [0.2, 0.25) is 0 Å². The van der Waals surface area contributed by atoms with E-state index < -0.39 is 23.3 Å². The van der Waals surface area contributed by atoms with Crippen LogP contribution in [0.25, 0.3) is 0 Å². The number of likely N-dealkylation sites (tertiary alicyclic amines) is 1. The zero-order chi connectivity index (χ0) is 17.4. The minimum absolute atomic E-state index is 0.257. The number of urea groups is 1. The van der Waals surface area contributed by atoms with Gasteiger partial charge in [-0.3, -0.25) is 0 Å². The number of nitrogens with zero attached hydrogens (tertiary/aromatic N) is 1. The molecule has 2 amide bonds. The summed E-state index contributed by atoms with van der Waals surface area (Å²) in [5.74, 6) is 0. The number of piperidine rings is 1. The van der Waals surface area contributed by atoms with E-state index in [4.69, 9.17) is 0 Å². The molecule has 132 valence electrons. The highest BCUT2D eigenvalue weighted by Gasteiger charge is 2.45. The maximum absolute atomic E-state index is 12.9. The van der Waals surface area contributed by atoms with Crippen LogP contribution in [0.15, 0.2) is 24.3 Å². The van der Waals surface area contributed by atoms with Crippen LogP contribution in [0.4, 0.5) is 18.0 Å². The Morgan fingerprint density at radius 1 is 1.38 bits per heavy atom. The molecule has 24 heavy (non-hydrogen) atoms. The minimum Gasteiger partial charge on any atom is -0.391 e.